The van der Waals surface area contributed by atoms with Gasteiger partial charge in [-0.3, -0.25) is 9.79 Å². The number of hydrogen-bond donors (Lipinski definition) is 2. The van der Waals surface area contributed by atoms with Gasteiger partial charge in [-0.25, -0.2) is 9.36 Å². The predicted octanol–water partition coefficient (Wildman–Crippen LogP) is 3.44. The standard InChI is InChI=1S/C19H17O6P/c1-3-17(25-26(21,22)23)19(24-18(20)4-2,15-11-7-5-8-12-15)16-13-9-6-10-14-16/h4-14H,1-2H2,(H2,21,22,23). The SMILES string of the molecule is C=C=C(OP(=O)(O)O)C(OC(=O)C=C)(c1ccccc1)c1ccccc1. The summed E-state index contributed by atoms with van der Waals surface area (Å²) in [6.07, 6.45) is 0.943. The zero-order valence-electron chi connectivity index (χ0n) is 13.7. The van der Waals surface area contributed by atoms with Crippen LogP contribution in [0.2, 0.25) is 0 Å². The van der Waals surface area contributed by atoms with Gasteiger partial charge in [-0.05, 0) is 0 Å². The average Bonchev–Trinajstić information content (AvgIpc) is 2.65. The molecule has 0 saturated heterocycles. The summed E-state index contributed by atoms with van der Waals surface area (Å²) in [6.45, 7) is 6.83. The highest BCUT2D eigenvalue weighted by molar-refractivity contribution is 7.46. The highest BCUT2D eigenvalue weighted by Crippen LogP contribution is 2.48. The molecule has 0 saturated carbocycles. The Balaban J connectivity index is 2.84. The van der Waals surface area contributed by atoms with Gasteiger partial charge in [0.1, 0.15) is 0 Å². The molecule has 26 heavy (non-hydrogen) atoms. The molecule has 2 aromatic rings. The number of phosphoric acid groups is 1. The third-order valence-corrected chi connectivity index (χ3v) is 3.89. The van der Waals surface area contributed by atoms with E-state index in [-0.39, 0.29) is 0 Å². The van der Waals surface area contributed by atoms with Crippen molar-refractivity contribution in [2.75, 3.05) is 0 Å². The first-order valence-electron chi connectivity index (χ1n) is 7.45. The number of hydrogen-bond acceptors (Lipinski definition) is 4. The predicted molar refractivity (Wildman–Crippen MR) is 95.7 cm³/mol. The molecule has 0 bridgehead atoms. The molecule has 0 heterocycles. The highest BCUT2D eigenvalue weighted by atomic mass is 31.2. The summed E-state index contributed by atoms with van der Waals surface area (Å²) in [6, 6.07) is 16.8. The molecule has 0 aliphatic carbocycles. The normalized spacial score (nSPS) is 11.2. The van der Waals surface area contributed by atoms with Crippen molar-refractivity contribution in [3.8, 4) is 0 Å². The zero-order chi connectivity index (χ0) is 19.2. The van der Waals surface area contributed by atoms with Crippen molar-refractivity contribution < 1.29 is 28.4 Å². The number of benzene rings is 2. The van der Waals surface area contributed by atoms with Crippen LogP contribution in [0.1, 0.15) is 11.1 Å². The first-order valence-corrected chi connectivity index (χ1v) is 8.98. The van der Waals surface area contributed by atoms with Crippen molar-refractivity contribution >= 4 is 13.8 Å². The summed E-state index contributed by atoms with van der Waals surface area (Å²) in [5.74, 6) is -1.27. The highest BCUT2D eigenvalue weighted by Gasteiger charge is 2.46. The van der Waals surface area contributed by atoms with Crippen molar-refractivity contribution in [3.63, 3.8) is 0 Å². The number of carbonyl (C=O) groups excluding carboxylic acids is 1. The summed E-state index contributed by atoms with van der Waals surface area (Å²) in [5, 5.41) is 0. The summed E-state index contributed by atoms with van der Waals surface area (Å²) < 4.78 is 21.9. The van der Waals surface area contributed by atoms with Gasteiger partial charge in [0, 0.05) is 17.2 Å². The maximum absolute atomic E-state index is 12.1. The number of carbonyl (C=O) groups is 1. The second-order valence-corrected chi connectivity index (χ2v) is 6.29. The number of rotatable bonds is 7. The number of esters is 1. The molecule has 0 atom stereocenters. The van der Waals surface area contributed by atoms with Crippen LogP contribution in [0.3, 0.4) is 0 Å². The van der Waals surface area contributed by atoms with E-state index in [0.717, 1.165) is 6.08 Å². The molecule has 0 aromatic heterocycles. The molecule has 0 radical (unpaired) electrons. The second kappa shape index (κ2) is 8.00. The molecule has 0 aliphatic rings. The van der Waals surface area contributed by atoms with Crippen LogP contribution < -0.4 is 0 Å². The minimum atomic E-state index is -4.98. The van der Waals surface area contributed by atoms with Crippen molar-refractivity contribution in [1.82, 2.24) is 0 Å². The zero-order valence-corrected chi connectivity index (χ0v) is 14.6. The van der Waals surface area contributed by atoms with Crippen molar-refractivity contribution in [3.05, 3.63) is 103 Å². The topological polar surface area (TPSA) is 93.1 Å². The van der Waals surface area contributed by atoms with Crippen LogP contribution in [0, 0.1) is 0 Å². The molecule has 2 rings (SSSR count). The Hall–Kier alpha value is -2.88. The summed E-state index contributed by atoms with van der Waals surface area (Å²) in [7, 11) is -4.98. The lowest BCUT2D eigenvalue weighted by Crippen LogP contribution is -2.36. The van der Waals surface area contributed by atoms with Crippen LogP contribution >= 0.6 is 7.82 Å². The monoisotopic (exact) mass is 372 g/mol. The van der Waals surface area contributed by atoms with E-state index < -0.39 is 25.2 Å². The molecule has 0 aliphatic heterocycles. The van der Waals surface area contributed by atoms with E-state index in [9.17, 15) is 19.1 Å². The fraction of sp³-hybridized carbons (Fsp3) is 0.0526. The second-order valence-electron chi connectivity index (χ2n) is 5.13. The van der Waals surface area contributed by atoms with Crippen LogP contribution in [0.4, 0.5) is 0 Å². The van der Waals surface area contributed by atoms with Crippen molar-refractivity contribution in [1.29, 1.82) is 0 Å². The lowest BCUT2D eigenvalue weighted by molar-refractivity contribution is -0.149. The Morgan fingerprint density at radius 2 is 1.50 bits per heavy atom. The fourth-order valence-corrected chi connectivity index (χ4v) is 2.90. The molecule has 0 fully saturated rings. The average molecular weight is 372 g/mol. The van der Waals surface area contributed by atoms with Gasteiger partial charge in [0.25, 0.3) is 0 Å². The minimum absolute atomic E-state index is 0.390. The Morgan fingerprint density at radius 3 is 1.85 bits per heavy atom. The van der Waals surface area contributed by atoms with E-state index in [4.69, 9.17) is 9.26 Å². The Labute approximate surface area is 151 Å². The Bertz CT molecular complexity index is 839. The van der Waals surface area contributed by atoms with E-state index in [2.05, 4.69) is 18.9 Å². The van der Waals surface area contributed by atoms with Gasteiger partial charge in [0.05, 0.1) is 0 Å². The van der Waals surface area contributed by atoms with Crippen LogP contribution in [-0.2, 0) is 24.2 Å². The first kappa shape index (κ1) is 19.4. The number of ether oxygens (including phenoxy) is 1. The first-order chi connectivity index (χ1) is 12.3. The maximum atomic E-state index is 12.1. The summed E-state index contributed by atoms with van der Waals surface area (Å²) in [5.41, 5.74) is 1.34. The minimum Gasteiger partial charge on any atom is -0.437 e. The van der Waals surface area contributed by atoms with E-state index in [1.807, 2.05) is 0 Å². The fourth-order valence-electron chi connectivity index (χ4n) is 2.47. The smallest absolute Gasteiger partial charge is 0.437 e. The Morgan fingerprint density at radius 1 is 1.04 bits per heavy atom. The molecule has 134 valence electrons. The third kappa shape index (κ3) is 4.20. The van der Waals surface area contributed by atoms with Gasteiger partial charge in [-0.15, -0.1) is 0 Å². The largest absolute Gasteiger partial charge is 0.525 e. The molecule has 7 heteroatoms. The molecular formula is C19H17O6P. The quantitative estimate of drug-likeness (QED) is 0.254. The van der Waals surface area contributed by atoms with E-state index >= 15 is 0 Å². The van der Waals surface area contributed by atoms with Gasteiger partial charge in [0.15, 0.2) is 0 Å². The molecule has 2 aromatic carbocycles. The van der Waals surface area contributed by atoms with Crippen molar-refractivity contribution in [2.24, 2.45) is 0 Å². The lowest BCUT2D eigenvalue weighted by atomic mass is 9.84. The molecule has 0 unspecified atom stereocenters. The third-order valence-electron chi connectivity index (χ3n) is 3.47. The van der Waals surface area contributed by atoms with Gasteiger partial charge in [-0.2, -0.15) is 0 Å². The summed E-state index contributed by atoms with van der Waals surface area (Å²) in [4.78, 5) is 30.7. The van der Waals surface area contributed by atoms with Gasteiger partial charge < -0.3 is 9.26 Å². The van der Waals surface area contributed by atoms with Gasteiger partial charge in [-0.1, -0.05) is 79.6 Å². The van der Waals surface area contributed by atoms with E-state index in [0.29, 0.717) is 11.1 Å². The van der Waals surface area contributed by atoms with Gasteiger partial charge >= 0.3 is 13.8 Å². The lowest BCUT2D eigenvalue weighted by Gasteiger charge is -2.34. The van der Waals surface area contributed by atoms with Crippen LogP contribution in [-0.4, -0.2) is 15.8 Å². The number of phosphoric ester groups is 1. The van der Waals surface area contributed by atoms with Crippen LogP contribution in [0.15, 0.2) is 91.4 Å². The van der Waals surface area contributed by atoms with Crippen LogP contribution in [0.5, 0.6) is 0 Å². The maximum Gasteiger partial charge on any atom is 0.525 e. The van der Waals surface area contributed by atoms with Gasteiger partial charge in [0.2, 0.25) is 11.4 Å². The Kier molecular flexibility index (Phi) is 5.98. The van der Waals surface area contributed by atoms with E-state index in [1.54, 1.807) is 60.7 Å². The molecule has 0 spiro atoms. The molecule has 6 nitrogen and oxygen atoms in total. The van der Waals surface area contributed by atoms with Crippen LogP contribution in [0.25, 0.3) is 0 Å². The summed E-state index contributed by atoms with van der Waals surface area (Å²) >= 11 is 0. The molecular weight excluding hydrogens is 355 g/mol. The molecule has 2 N–H and O–H groups in total. The molecule has 0 amide bonds. The van der Waals surface area contributed by atoms with Crippen molar-refractivity contribution in [2.45, 2.75) is 5.60 Å². The van der Waals surface area contributed by atoms with E-state index in [1.165, 1.54) is 0 Å².